The largest absolute Gasteiger partial charge is 0.454 e. The molecule has 0 bridgehead atoms. The van der Waals surface area contributed by atoms with Crippen LogP contribution in [0.25, 0.3) is 23.0 Å². The molecule has 0 aliphatic carbocycles. The van der Waals surface area contributed by atoms with Crippen molar-refractivity contribution in [2.75, 3.05) is 6.79 Å². The fourth-order valence-electron chi connectivity index (χ4n) is 3.34. The second-order valence-electron chi connectivity index (χ2n) is 7.27. The number of amides is 1. The fraction of sp³-hybridized carbons (Fsp3) is 0.174. The molecule has 0 atom stereocenters. The van der Waals surface area contributed by atoms with Crippen LogP contribution in [0.15, 0.2) is 65.3 Å². The molecule has 8 heteroatoms. The van der Waals surface area contributed by atoms with Crippen LogP contribution < -0.4 is 14.8 Å². The van der Waals surface area contributed by atoms with Crippen molar-refractivity contribution in [2.45, 2.75) is 20.0 Å². The van der Waals surface area contributed by atoms with E-state index < -0.39 is 0 Å². The van der Waals surface area contributed by atoms with Gasteiger partial charge in [-0.15, -0.1) is 0 Å². The van der Waals surface area contributed by atoms with Crippen molar-refractivity contribution in [1.29, 1.82) is 0 Å². The molecule has 1 aliphatic rings. The van der Waals surface area contributed by atoms with Crippen LogP contribution in [0, 0.1) is 6.92 Å². The summed E-state index contributed by atoms with van der Waals surface area (Å²) < 4.78 is 18.0. The SMILES string of the molecule is Cc1ccc(CNC(=O)Cn2cccc2-c2nc(-c3ccc4c(c3)OCO4)no2)cc1. The molecule has 156 valence electrons. The summed E-state index contributed by atoms with van der Waals surface area (Å²) in [6.07, 6.45) is 1.81. The summed E-state index contributed by atoms with van der Waals surface area (Å²) in [6, 6.07) is 17.2. The Hall–Kier alpha value is -4.07. The average molecular weight is 416 g/mol. The van der Waals surface area contributed by atoms with Crippen molar-refractivity contribution in [3.05, 3.63) is 71.9 Å². The summed E-state index contributed by atoms with van der Waals surface area (Å²) in [4.78, 5) is 16.9. The highest BCUT2D eigenvalue weighted by Crippen LogP contribution is 2.35. The van der Waals surface area contributed by atoms with Gasteiger partial charge < -0.3 is 23.9 Å². The van der Waals surface area contributed by atoms with Crippen molar-refractivity contribution in [3.63, 3.8) is 0 Å². The molecule has 4 aromatic rings. The van der Waals surface area contributed by atoms with E-state index in [-0.39, 0.29) is 19.2 Å². The van der Waals surface area contributed by atoms with E-state index in [4.69, 9.17) is 14.0 Å². The molecule has 0 radical (unpaired) electrons. The minimum atomic E-state index is -0.103. The Bertz CT molecular complexity index is 1230. The number of nitrogens with zero attached hydrogens (tertiary/aromatic N) is 3. The van der Waals surface area contributed by atoms with Crippen LogP contribution in [0.1, 0.15) is 11.1 Å². The van der Waals surface area contributed by atoms with Crippen LogP contribution in [-0.4, -0.2) is 27.4 Å². The van der Waals surface area contributed by atoms with Gasteiger partial charge in [-0.2, -0.15) is 4.98 Å². The number of hydrogen-bond donors (Lipinski definition) is 1. The summed E-state index contributed by atoms with van der Waals surface area (Å²) in [5, 5.41) is 7.01. The van der Waals surface area contributed by atoms with Crippen molar-refractivity contribution >= 4 is 5.91 Å². The summed E-state index contributed by atoms with van der Waals surface area (Å²) in [7, 11) is 0. The van der Waals surface area contributed by atoms with Crippen LogP contribution in [0.4, 0.5) is 0 Å². The number of hydrogen-bond acceptors (Lipinski definition) is 6. The quantitative estimate of drug-likeness (QED) is 0.517. The zero-order valence-electron chi connectivity index (χ0n) is 16.9. The van der Waals surface area contributed by atoms with Gasteiger partial charge in [-0.1, -0.05) is 35.0 Å². The highest BCUT2D eigenvalue weighted by molar-refractivity contribution is 5.76. The number of carbonyl (C=O) groups excluding carboxylic acids is 1. The zero-order chi connectivity index (χ0) is 21.2. The average Bonchev–Trinajstić information content (AvgIpc) is 3.53. The molecule has 8 nitrogen and oxygen atoms in total. The molecule has 1 aliphatic heterocycles. The third-order valence-corrected chi connectivity index (χ3v) is 5.03. The summed E-state index contributed by atoms with van der Waals surface area (Å²) in [5.74, 6) is 2.01. The molecule has 1 amide bonds. The van der Waals surface area contributed by atoms with E-state index in [1.54, 1.807) is 4.57 Å². The lowest BCUT2D eigenvalue weighted by Crippen LogP contribution is -2.27. The maximum atomic E-state index is 12.4. The van der Waals surface area contributed by atoms with Crippen molar-refractivity contribution in [2.24, 2.45) is 0 Å². The number of carbonyl (C=O) groups is 1. The first-order valence-electron chi connectivity index (χ1n) is 9.87. The summed E-state index contributed by atoms with van der Waals surface area (Å²) in [5.41, 5.74) is 3.67. The van der Waals surface area contributed by atoms with Crippen molar-refractivity contribution in [1.82, 2.24) is 20.0 Å². The number of rotatable bonds is 6. The third kappa shape index (κ3) is 4.00. The van der Waals surface area contributed by atoms with E-state index in [2.05, 4.69) is 15.5 Å². The maximum absolute atomic E-state index is 12.4. The topological polar surface area (TPSA) is 91.4 Å². The second kappa shape index (κ2) is 7.98. The smallest absolute Gasteiger partial charge is 0.274 e. The zero-order valence-corrected chi connectivity index (χ0v) is 16.9. The number of ether oxygens (including phenoxy) is 2. The minimum Gasteiger partial charge on any atom is -0.454 e. The van der Waals surface area contributed by atoms with E-state index >= 15 is 0 Å². The molecule has 2 aromatic heterocycles. The molecule has 1 N–H and O–H groups in total. The van der Waals surface area contributed by atoms with Crippen molar-refractivity contribution in [3.8, 4) is 34.5 Å². The molecule has 5 rings (SSSR count). The highest BCUT2D eigenvalue weighted by atomic mass is 16.7. The molecule has 31 heavy (non-hydrogen) atoms. The van der Waals surface area contributed by atoms with Gasteiger partial charge in [0, 0.05) is 18.3 Å². The Morgan fingerprint density at radius 2 is 1.94 bits per heavy atom. The molecule has 0 fully saturated rings. The Morgan fingerprint density at radius 3 is 2.81 bits per heavy atom. The molecule has 2 aromatic carbocycles. The normalized spacial score (nSPS) is 12.2. The first-order chi connectivity index (χ1) is 15.2. The molecule has 0 saturated carbocycles. The monoisotopic (exact) mass is 416 g/mol. The summed E-state index contributed by atoms with van der Waals surface area (Å²) in [6.45, 7) is 2.86. The number of nitrogens with one attached hydrogen (secondary N) is 1. The Labute approximate surface area is 178 Å². The second-order valence-corrected chi connectivity index (χ2v) is 7.27. The molecule has 0 unspecified atom stereocenters. The van der Waals surface area contributed by atoms with Crippen LogP contribution in [0.5, 0.6) is 11.5 Å². The van der Waals surface area contributed by atoms with Gasteiger partial charge in [-0.3, -0.25) is 4.79 Å². The first kappa shape index (κ1) is 18.9. The van der Waals surface area contributed by atoms with Gasteiger partial charge in [-0.05, 0) is 42.8 Å². The van der Waals surface area contributed by atoms with Gasteiger partial charge >= 0.3 is 0 Å². The van der Waals surface area contributed by atoms with E-state index in [1.807, 2.05) is 67.7 Å². The van der Waals surface area contributed by atoms with Crippen LogP contribution >= 0.6 is 0 Å². The van der Waals surface area contributed by atoms with Gasteiger partial charge in [-0.25, -0.2) is 0 Å². The lowest BCUT2D eigenvalue weighted by Gasteiger charge is -2.08. The van der Waals surface area contributed by atoms with Gasteiger partial charge in [0.1, 0.15) is 12.2 Å². The summed E-state index contributed by atoms with van der Waals surface area (Å²) >= 11 is 0. The first-order valence-corrected chi connectivity index (χ1v) is 9.87. The molecule has 0 spiro atoms. The fourth-order valence-corrected chi connectivity index (χ4v) is 3.34. The molecule has 0 saturated heterocycles. The molecular formula is C23H20N4O4. The Balaban J connectivity index is 1.28. The third-order valence-electron chi connectivity index (χ3n) is 5.03. The van der Waals surface area contributed by atoms with Crippen LogP contribution in [-0.2, 0) is 17.9 Å². The van der Waals surface area contributed by atoms with Gasteiger partial charge in [0.15, 0.2) is 11.5 Å². The minimum absolute atomic E-state index is 0.103. The predicted molar refractivity (Wildman–Crippen MR) is 112 cm³/mol. The van der Waals surface area contributed by atoms with Crippen LogP contribution in [0.3, 0.4) is 0 Å². The lowest BCUT2D eigenvalue weighted by atomic mass is 10.1. The van der Waals surface area contributed by atoms with E-state index in [9.17, 15) is 4.79 Å². The number of aromatic nitrogens is 3. The highest BCUT2D eigenvalue weighted by Gasteiger charge is 2.18. The van der Waals surface area contributed by atoms with E-state index in [1.165, 1.54) is 5.56 Å². The molecular weight excluding hydrogens is 396 g/mol. The van der Waals surface area contributed by atoms with E-state index in [0.717, 1.165) is 11.1 Å². The Kier molecular flexibility index (Phi) is 4.87. The number of fused-ring (bicyclic) bond motifs is 1. The number of aryl methyl sites for hydroxylation is 1. The standard InChI is InChI=1S/C23H20N4O4/c1-15-4-6-16(7-5-15)12-24-21(28)13-27-10-2-3-18(27)23-25-22(26-31-23)17-8-9-19-20(11-17)30-14-29-19/h2-11H,12-14H2,1H3,(H,24,28). The van der Waals surface area contributed by atoms with Crippen molar-refractivity contribution < 1.29 is 18.8 Å². The molecule has 3 heterocycles. The van der Waals surface area contributed by atoms with Gasteiger partial charge in [0.25, 0.3) is 5.89 Å². The van der Waals surface area contributed by atoms with E-state index in [0.29, 0.717) is 35.5 Å². The Morgan fingerprint density at radius 1 is 1.10 bits per heavy atom. The van der Waals surface area contributed by atoms with Gasteiger partial charge in [0.05, 0.1) is 0 Å². The van der Waals surface area contributed by atoms with Crippen LogP contribution in [0.2, 0.25) is 0 Å². The predicted octanol–water partition coefficient (Wildman–Crippen LogP) is 3.56. The van der Waals surface area contributed by atoms with Gasteiger partial charge in [0.2, 0.25) is 18.5 Å². The number of benzene rings is 2. The maximum Gasteiger partial charge on any atom is 0.274 e. The lowest BCUT2D eigenvalue weighted by molar-refractivity contribution is -0.121.